The van der Waals surface area contributed by atoms with Crippen molar-refractivity contribution >= 4 is 11.5 Å². The lowest BCUT2D eigenvalue weighted by Gasteiger charge is -2.06. The number of halogens is 1. The fourth-order valence-electron chi connectivity index (χ4n) is 1.63. The van der Waals surface area contributed by atoms with Crippen LogP contribution >= 0.6 is 0 Å². The van der Waals surface area contributed by atoms with Crippen LogP contribution in [0.3, 0.4) is 0 Å². The first-order chi connectivity index (χ1) is 9.06. The van der Waals surface area contributed by atoms with Crippen LogP contribution in [-0.2, 0) is 6.54 Å². The predicted molar refractivity (Wildman–Crippen MR) is 69.4 cm³/mol. The van der Waals surface area contributed by atoms with E-state index in [1.54, 1.807) is 25.1 Å². The third-order valence-corrected chi connectivity index (χ3v) is 2.67. The summed E-state index contributed by atoms with van der Waals surface area (Å²) in [5, 5.41) is 13.7. The quantitative estimate of drug-likeness (QED) is 0.678. The highest BCUT2D eigenvalue weighted by Gasteiger charge is 2.11. The Kier molecular flexibility index (Phi) is 3.70. The second-order valence-electron chi connectivity index (χ2n) is 4.09. The summed E-state index contributed by atoms with van der Waals surface area (Å²) in [4.78, 5) is 14.2. The number of nitro groups is 1. The highest BCUT2D eigenvalue weighted by Crippen LogP contribution is 2.19. The van der Waals surface area contributed by atoms with Crippen molar-refractivity contribution in [3.05, 3.63) is 63.6 Å². The van der Waals surface area contributed by atoms with E-state index in [0.29, 0.717) is 17.9 Å². The second-order valence-corrected chi connectivity index (χ2v) is 4.09. The summed E-state index contributed by atoms with van der Waals surface area (Å²) in [5.74, 6) is 0.264. The van der Waals surface area contributed by atoms with Crippen molar-refractivity contribution < 1.29 is 9.31 Å². The lowest BCUT2D eigenvalue weighted by molar-refractivity contribution is -0.385. The minimum atomic E-state index is -0.466. The van der Waals surface area contributed by atoms with Crippen molar-refractivity contribution in [1.82, 2.24) is 4.98 Å². The van der Waals surface area contributed by atoms with E-state index in [1.807, 2.05) is 0 Å². The van der Waals surface area contributed by atoms with E-state index < -0.39 is 4.92 Å². The lowest BCUT2D eigenvalue weighted by Crippen LogP contribution is -2.02. The summed E-state index contributed by atoms with van der Waals surface area (Å²) >= 11 is 0. The maximum atomic E-state index is 12.7. The normalized spacial score (nSPS) is 10.2. The minimum Gasteiger partial charge on any atom is -0.366 e. The molecule has 0 aliphatic carbocycles. The molecule has 0 amide bonds. The van der Waals surface area contributed by atoms with Gasteiger partial charge in [0.05, 0.1) is 4.92 Å². The molecule has 98 valence electrons. The highest BCUT2D eigenvalue weighted by molar-refractivity contribution is 5.47. The molecule has 2 aromatic rings. The summed E-state index contributed by atoms with van der Waals surface area (Å²) in [7, 11) is 0. The van der Waals surface area contributed by atoms with E-state index in [1.165, 1.54) is 18.3 Å². The SMILES string of the molecule is Cc1cc(NCc2ccc(F)cc2)ncc1[N+](=O)[O-]. The van der Waals surface area contributed by atoms with Gasteiger partial charge in [-0.25, -0.2) is 9.37 Å². The zero-order valence-electron chi connectivity index (χ0n) is 10.3. The Balaban J connectivity index is 2.06. The van der Waals surface area contributed by atoms with Gasteiger partial charge in [0.25, 0.3) is 5.69 Å². The number of aryl methyl sites for hydroxylation is 1. The van der Waals surface area contributed by atoms with Crippen LogP contribution in [0.1, 0.15) is 11.1 Å². The molecule has 1 aromatic carbocycles. The monoisotopic (exact) mass is 261 g/mol. The van der Waals surface area contributed by atoms with Gasteiger partial charge in [0.2, 0.25) is 0 Å². The average molecular weight is 261 g/mol. The molecule has 2 rings (SSSR count). The molecule has 5 nitrogen and oxygen atoms in total. The van der Waals surface area contributed by atoms with Crippen LogP contribution in [0.15, 0.2) is 36.5 Å². The molecular formula is C13H12FN3O2. The Morgan fingerprint density at radius 2 is 2.05 bits per heavy atom. The van der Waals surface area contributed by atoms with Crippen molar-refractivity contribution in [2.24, 2.45) is 0 Å². The molecule has 0 radical (unpaired) electrons. The summed E-state index contributed by atoms with van der Waals surface area (Å²) < 4.78 is 12.7. The minimum absolute atomic E-state index is 0.00710. The number of rotatable bonds is 4. The van der Waals surface area contributed by atoms with Crippen molar-refractivity contribution in [2.45, 2.75) is 13.5 Å². The Labute approximate surface area is 109 Å². The molecule has 1 heterocycles. The highest BCUT2D eigenvalue weighted by atomic mass is 19.1. The standard InChI is InChI=1S/C13H12FN3O2/c1-9-6-13(16-8-12(9)17(18)19)15-7-10-2-4-11(14)5-3-10/h2-6,8H,7H2,1H3,(H,15,16). The molecule has 0 aliphatic rings. The summed E-state index contributed by atoms with van der Waals surface area (Å²) in [6, 6.07) is 7.71. The number of benzene rings is 1. The first-order valence-electron chi connectivity index (χ1n) is 5.65. The van der Waals surface area contributed by atoms with Crippen LogP contribution in [0, 0.1) is 22.9 Å². The summed E-state index contributed by atoms with van der Waals surface area (Å²) in [6.45, 7) is 2.13. The molecule has 1 aromatic heterocycles. The van der Waals surface area contributed by atoms with Crippen LogP contribution in [0.4, 0.5) is 15.9 Å². The summed E-state index contributed by atoms with van der Waals surface area (Å²) in [6.07, 6.45) is 1.22. The van der Waals surface area contributed by atoms with Crippen LogP contribution in [0.25, 0.3) is 0 Å². The number of anilines is 1. The Morgan fingerprint density at radius 1 is 1.37 bits per heavy atom. The van der Waals surface area contributed by atoms with Gasteiger partial charge in [0.1, 0.15) is 17.8 Å². The summed E-state index contributed by atoms with van der Waals surface area (Å²) in [5.41, 5.74) is 1.44. The largest absolute Gasteiger partial charge is 0.366 e. The third kappa shape index (κ3) is 3.25. The fraction of sp³-hybridized carbons (Fsp3) is 0.154. The van der Waals surface area contributed by atoms with Crippen LogP contribution in [0.2, 0.25) is 0 Å². The second kappa shape index (κ2) is 5.43. The number of hydrogen-bond acceptors (Lipinski definition) is 4. The van der Waals surface area contributed by atoms with Gasteiger partial charge in [0.15, 0.2) is 0 Å². The number of pyridine rings is 1. The van der Waals surface area contributed by atoms with Gasteiger partial charge >= 0.3 is 0 Å². The van der Waals surface area contributed by atoms with Gasteiger partial charge in [-0.15, -0.1) is 0 Å². The van der Waals surface area contributed by atoms with Gasteiger partial charge in [-0.2, -0.15) is 0 Å². The molecule has 1 N–H and O–H groups in total. The van der Waals surface area contributed by atoms with Gasteiger partial charge in [-0.05, 0) is 30.7 Å². The van der Waals surface area contributed by atoms with E-state index >= 15 is 0 Å². The van der Waals surface area contributed by atoms with Crippen LogP contribution in [-0.4, -0.2) is 9.91 Å². The van der Waals surface area contributed by atoms with Crippen LogP contribution < -0.4 is 5.32 Å². The molecule has 6 heteroatoms. The number of nitrogens with zero attached hydrogens (tertiary/aromatic N) is 2. The van der Waals surface area contributed by atoms with E-state index in [4.69, 9.17) is 0 Å². The third-order valence-electron chi connectivity index (χ3n) is 2.67. The van der Waals surface area contributed by atoms with Gasteiger partial charge < -0.3 is 5.32 Å². The molecule has 0 aliphatic heterocycles. The van der Waals surface area contributed by atoms with Gasteiger partial charge in [-0.1, -0.05) is 12.1 Å². The number of nitrogens with one attached hydrogen (secondary N) is 1. The predicted octanol–water partition coefficient (Wildman–Crippen LogP) is 3.05. The van der Waals surface area contributed by atoms with Gasteiger partial charge in [0, 0.05) is 12.1 Å². The van der Waals surface area contributed by atoms with Crippen molar-refractivity contribution in [2.75, 3.05) is 5.32 Å². The van der Waals surface area contributed by atoms with E-state index in [0.717, 1.165) is 5.56 Å². The van der Waals surface area contributed by atoms with Crippen molar-refractivity contribution in [3.8, 4) is 0 Å². The topological polar surface area (TPSA) is 68.1 Å². The van der Waals surface area contributed by atoms with E-state index in [2.05, 4.69) is 10.3 Å². The molecule has 0 unspecified atom stereocenters. The Morgan fingerprint density at radius 3 is 2.63 bits per heavy atom. The van der Waals surface area contributed by atoms with Gasteiger partial charge in [-0.3, -0.25) is 10.1 Å². The lowest BCUT2D eigenvalue weighted by atomic mass is 10.2. The fourth-order valence-corrected chi connectivity index (χ4v) is 1.63. The smallest absolute Gasteiger partial charge is 0.290 e. The maximum absolute atomic E-state index is 12.7. The van der Waals surface area contributed by atoms with Crippen molar-refractivity contribution in [1.29, 1.82) is 0 Å². The molecule has 0 saturated carbocycles. The maximum Gasteiger partial charge on any atom is 0.290 e. The molecule has 0 bridgehead atoms. The Bertz CT molecular complexity index is 599. The molecule has 19 heavy (non-hydrogen) atoms. The van der Waals surface area contributed by atoms with E-state index in [9.17, 15) is 14.5 Å². The zero-order valence-corrected chi connectivity index (χ0v) is 10.3. The molecule has 0 atom stereocenters. The van der Waals surface area contributed by atoms with Crippen molar-refractivity contribution in [3.63, 3.8) is 0 Å². The molecule has 0 fully saturated rings. The van der Waals surface area contributed by atoms with E-state index in [-0.39, 0.29) is 11.5 Å². The molecular weight excluding hydrogens is 249 g/mol. The average Bonchev–Trinajstić information content (AvgIpc) is 2.37. The zero-order chi connectivity index (χ0) is 13.8. The first kappa shape index (κ1) is 12.9. The first-order valence-corrected chi connectivity index (χ1v) is 5.65. The van der Waals surface area contributed by atoms with Crippen LogP contribution in [0.5, 0.6) is 0 Å². The molecule has 0 spiro atoms. The molecule has 0 saturated heterocycles. The number of hydrogen-bond donors (Lipinski definition) is 1. The number of aromatic nitrogens is 1. The Hall–Kier alpha value is -2.50.